The van der Waals surface area contributed by atoms with Crippen LogP contribution in [0.4, 0.5) is 0 Å². The van der Waals surface area contributed by atoms with Crippen LogP contribution < -0.4 is 0 Å². The summed E-state index contributed by atoms with van der Waals surface area (Å²) in [6.45, 7) is 4.66. The van der Waals surface area contributed by atoms with Crippen molar-refractivity contribution in [3.05, 3.63) is 12.2 Å². The molecular formula is C22H46NO+. The van der Waals surface area contributed by atoms with Gasteiger partial charge in [0.1, 0.15) is 6.54 Å². The molecule has 2 nitrogen and oxygen atoms in total. The first-order chi connectivity index (χ1) is 11.6. The molecular weight excluding hydrogens is 294 g/mol. The van der Waals surface area contributed by atoms with E-state index in [1.807, 2.05) is 0 Å². The van der Waals surface area contributed by atoms with Crippen LogP contribution in [0.15, 0.2) is 12.2 Å². The van der Waals surface area contributed by atoms with Gasteiger partial charge in [-0.15, -0.1) is 0 Å². The van der Waals surface area contributed by atoms with Crippen molar-refractivity contribution < 1.29 is 9.59 Å². The van der Waals surface area contributed by atoms with Gasteiger partial charge in [0.25, 0.3) is 0 Å². The number of nitrogens with zero attached hydrogens (tertiary/aromatic N) is 1. The SMILES string of the molecule is CCCCCCCCC=CCCCCCCCC[N+](C)(C)CCO. The number of unbranched alkanes of at least 4 members (excludes halogenated alkanes) is 12. The maximum atomic E-state index is 9.02. The van der Waals surface area contributed by atoms with E-state index >= 15 is 0 Å². The first-order valence-electron chi connectivity index (χ1n) is 10.7. The van der Waals surface area contributed by atoms with E-state index in [4.69, 9.17) is 5.11 Å². The Hall–Kier alpha value is -0.340. The number of likely N-dealkylation sites (N-methyl/N-ethyl adjacent to an activating group) is 1. The van der Waals surface area contributed by atoms with Crippen LogP contribution in [0.1, 0.15) is 96.8 Å². The summed E-state index contributed by atoms with van der Waals surface area (Å²) in [5, 5.41) is 9.02. The van der Waals surface area contributed by atoms with E-state index in [1.54, 1.807) is 0 Å². The monoisotopic (exact) mass is 340 g/mol. The highest BCUT2D eigenvalue weighted by atomic mass is 16.3. The summed E-state index contributed by atoms with van der Waals surface area (Å²) in [4.78, 5) is 0. The van der Waals surface area contributed by atoms with Crippen LogP contribution in [-0.4, -0.2) is 43.4 Å². The second kappa shape index (κ2) is 17.5. The highest BCUT2D eigenvalue weighted by molar-refractivity contribution is 4.81. The number of hydrogen-bond acceptors (Lipinski definition) is 1. The summed E-state index contributed by atoms with van der Waals surface area (Å²) < 4.78 is 0.958. The van der Waals surface area contributed by atoms with Crippen molar-refractivity contribution in [3.63, 3.8) is 0 Å². The molecule has 0 spiro atoms. The molecule has 0 aromatic carbocycles. The highest BCUT2D eigenvalue weighted by Gasteiger charge is 2.12. The minimum absolute atomic E-state index is 0.305. The Morgan fingerprint density at radius 3 is 1.58 bits per heavy atom. The summed E-state index contributed by atoms with van der Waals surface area (Å²) in [6, 6.07) is 0. The number of quaternary nitrogens is 1. The fourth-order valence-corrected chi connectivity index (χ4v) is 3.17. The Balaban J connectivity index is 3.21. The lowest BCUT2D eigenvalue weighted by Gasteiger charge is -2.28. The maximum absolute atomic E-state index is 9.02. The van der Waals surface area contributed by atoms with Gasteiger partial charge in [0.15, 0.2) is 0 Å². The van der Waals surface area contributed by atoms with E-state index in [0.717, 1.165) is 11.0 Å². The summed E-state index contributed by atoms with van der Waals surface area (Å²) >= 11 is 0. The molecule has 0 aliphatic rings. The molecule has 0 amide bonds. The van der Waals surface area contributed by atoms with E-state index < -0.39 is 0 Å². The fraction of sp³-hybridized carbons (Fsp3) is 0.909. The van der Waals surface area contributed by atoms with Crippen molar-refractivity contribution in [2.45, 2.75) is 96.8 Å². The Morgan fingerprint density at radius 2 is 1.08 bits per heavy atom. The first-order valence-corrected chi connectivity index (χ1v) is 10.7. The van der Waals surface area contributed by atoms with Crippen molar-refractivity contribution in [2.24, 2.45) is 0 Å². The molecule has 0 aliphatic carbocycles. The third-order valence-electron chi connectivity index (χ3n) is 4.98. The number of hydrogen-bond donors (Lipinski definition) is 1. The quantitative estimate of drug-likeness (QED) is 0.182. The Kier molecular flexibility index (Phi) is 17.2. The third kappa shape index (κ3) is 18.0. The van der Waals surface area contributed by atoms with E-state index in [2.05, 4.69) is 33.2 Å². The van der Waals surface area contributed by atoms with Crippen molar-refractivity contribution in [1.82, 2.24) is 0 Å². The van der Waals surface area contributed by atoms with Crippen molar-refractivity contribution in [2.75, 3.05) is 33.8 Å². The average Bonchev–Trinajstić information content (AvgIpc) is 2.54. The lowest BCUT2D eigenvalue weighted by Crippen LogP contribution is -2.42. The fourth-order valence-electron chi connectivity index (χ4n) is 3.17. The third-order valence-corrected chi connectivity index (χ3v) is 4.98. The second-order valence-electron chi connectivity index (χ2n) is 8.04. The second-order valence-corrected chi connectivity index (χ2v) is 8.04. The molecule has 1 N–H and O–H groups in total. The molecule has 0 bridgehead atoms. The van der Waals surface area contributed by atoms with Gasteiger partial charge in [-0.3, -0.25) is 0 Å². The lowest BCUT2D eigenvalue weighted by molar-refractivity contribution is -0.890. The minimum Gasteiger partial charge on any atom is -0.391 e. The summed E-state index contributed by atoms with van der Waals surface area (Å²) in [6.07, 6.45) is 23.9. The molecule has 0 aromatic heterocycles. The predicted molar refractivity (Wildman–Crippen MR) is 108 cm³/mol. The van der Waals surface area contributed by atoms with Crippen LogP contribution >= 0.6 is 0 Å². The van der Waals surface area contributed by atoms with Crippen molar-refractivity contribution >= 4 is 0 Å². The van der Waals surface area contributed by atoms with Gasteiger partial charge < -0.3 is 9.59 Å². The number of aliphatic hydroxyl groups excluding tert-OH is 1. The molecule has 0 fully saturated rings. The van der Waals surface area contributed by atoms with Gasteiger partial charge in [0, 0.05) is 0 Å². The number of rotatable bonds is 18. The zero-order valence-electron chi connectivity index (χ0n) is 17.1. The first kappa shape index (κ1) is 23.7. The Labute approximate surface area is 152 Å². The standard InChI is InChI=1S/C22H46NO/c1-4-5-6-7-8-9-10-11-12-13-14-15-16-17-18-19-20-23(2,3)21-22-24/h11-12,24H,4-10,13-22H2,1-3H3/q+1. The van der Waals surface area contributed by atoms with Gasteiger partial charge in [-0.25, -0.2) is 0 Å². The Morgan fingerprint density at radius 1 is 0.625 bits per heavy atom. The molecule has 2 heteroatoms. The summed E-state index contributed by atoms with van der Waals surface area (Å²) in [5.41, 5.74) is 0. The van der Waals surface area contributed by atoms with Crippen LogP contribution in [0.5, 0.6) is 0 Å². The smallest absolute Gasteiger partial charge is 0.102 e. The maximum Gasteiger partial charge on any atom is 0.102 e. The summed E-state index contributed by atoms with van der Waals surface area (Å²) in [5.74, 6) is 0. The van der Waals surface area contributed by atoms with Crippen LogP contribution in [0.2, 0.25) is 0 Å². The van der Waals surface area contributed by atoms with Gasteiger partial charge in [0.2, 0.25) is 0 Å². The van der Waals surface area contributed by atoms with Crippen LogP contribution in [0.25, 0.3) is 0 Å². The zero-order valence-corrected chi connectivity index (χ0v) is 17.1. The summed E-state index contributed by atoms with van der Waals surface area (Å²) in [7, 11) is 4.43. The number of aliphatic hydroxyl groups is 1. The van der Waals surface area contributed by atoms with E-state index in [-0.39, 0.29) is 0 Å². The van der Waals surface area contributed by atoms with E-state index in [1.165, 1.54) is 96.4 Å². The van der Waals surface area contributed by atoms with Gasteiger partial charge in [-0.2, -0.15) is 0 Å². The normalized spacial score (nSPS) is 12.3. The molecule has 24 heavy (non-hydrogen) atoms. The highest BCUT2D eigenvalue weighted by Crippen LogP contribution is 2.11. The molecule has 144 valence electrons. The minimum atomic E-state index is 0.305. The Bertz CT molecular complexity index is 273. The van der Waals surface area contributed by atoms with E-state index in [0.29, 0.717) is 6.61 Å². The van der Waals surface area contributed by atoms with Crippen LogP contribution in [0.3, 0.4) is 0 Å². The van der Waals surface area contributed by atoms with Crippen molar-refractivity contribution in [3.8, 4) is 0 Å². The zero-order chi connectivity index (χ0) is 17.9. The topological polar surface area (TPSA) is 20.2 Å². The largest absolute Gasteiger partial charge is 0.391 e. The molecule has 0 saturated carbocycles. The molecule has 0 unspecified atom stereocenters. The van der Waals surface area contributed by atoms with Gasteiger partial charge in [-0.05, 0) is 38.5 Å². The lowest BCUT2D eigenvalue weighted by atomic mass is 10.1. The number of allylic oxidation sites excluding steroid dienone is 2. The molecule has 0 aromatic rings. The molecule has 0 atom stereocenters. The van der Waals surface area contributed by atoms with Gasteiger partial charge in [0.05, 0.1) is 27.2 Å². The van der Waals surface area contributed by atoms with Crippen molar-refractivity contribution in [1.29, 1.82) is 0 Å². The van der Waals surface area contributed by atoms with Crippen LogP contribution in [0, 0.1) is 0 Å². The van der Waals surface area contributed by atoms with Gasteiger partial charge in [-0.1, -0.05) is 70.4 Å². The van der Waals surface area contributed by atoms with Crippen LogP contribution in [-0.2, 0) is 0 Å². The molecule has 0 rings (SSSR count). The predicted octanol–water partition coefficient (Wildman–Crippen LogP) is 6.09. The average molecular weight is 341 g/mol. The molecule has 0 radical (unpaired) electrons. The molecule has 0 heterocycles. The molecule has 0 saturated heterocycles. The molecule has 0 aliphatic heterocycles. The van der Waals surface area contributed by atoms with Gasteiger partial charge >= 0.3 is 0 Å². The van der Waals surface area contributed by atoms with E-state index in [9.17, 15) is 0 Å².